The third-order valence-corrected chi connectivity index (χ3v) is 3.33. The van der Waals surface area contributed by atoms with Crippen molar-refractivity contribution in [2.45, 2.75) is 32.3 Å². The van der Waals surface area contributed by atoms with E-state index in [1.807, 2.05) is 6.92 Å². The predicted molar refractivity (Wildman–Crippen MR) is 77.4 cm³/mol. The molecule has 0 saturated carbocycles. The Balaban J connectivity index is 2.92. The average Bonchev–Trinajstić information content (AvgIpc) is 2.34. The molecule has 2 N–H and O–H groups in total. The van der Waals surface area contributed by atoms with Crippen molar-refractivity contribution in [1.29, 1.82) is 0 Å². The van der Waals surface area contributed by atoms with Crippen LogP contribution in [0.15, 0.2) is 18.2 Å². The lowest BCUT2D eigenvalue weighted by Gasteiger charge is -2.24. The highest BCUT2D eigenvalue weighted by atomic mass is 35.5. The molecule has 0 radical (unpaired) electrons. The lowest BCUT2D eigenvalue weighted by Crippen LogP contribution is -2.37. The number of carboxylic acid groups (broad SMARTS) is 1. The van der Waals surface area contributed by atoms with Crippen molar-refractivity contribution in [3.05, 3.63) is 28.2 Å². The van der Waals surface area contributed by atoms with Crippen LogP contribution in [-0.4, -0.2) is 29.0 Å². The van der Waals surface area contributed by atoms with E-state index in [2.05, 4.69) is 0 Å². The molecule has 1 aromatic rings. The van der Waals surface area contributed by atoms with E-state index in [1.165, 1.54) is 0 Å². The predicted octanol–water partition coefficient (Wildman–Crippen LogP) is 4.03. The molecule has 0 spiro atoms. The molecule has 19 heavy (non-hydrogen) atoms. The van der Waals surface area contributed by atoms with Gasteiger partial charge in [0.1, 0.15) is 0 Å². The van der Waals surface area contributed by atoms with E-state index in [0.29, 0.717) is 6.42 Å². The summed E-state index contributed by atoms with van der Waals surface area (Å²) in [4.78, 5) is 12.3. The van der Waals surface area contributed by atoms with Crippen molar-refractivity contribution in [3.63, 3.8) is 0 Å². The monoisotopic (exact) mass is 305 g/mol. The summed E-state index contributed by atoms with van der Waals surface area (Å²) in [7, 11) is 0. The van der Waals surface area contributed by atoms with Gasteiger partial charge in [0, 0.05) is 0 Å². The molecule has 0 heterocycles. The molecule has 0 bridgehead atoms. The molecule has 0 saturated heterocycles. The van der Waals surface area contributed by atoms with Crippen molar-refractivity contribution >= 4 is 35.0 Å². The van der Waals surface area contributed by atoms with E-state index in [0.717, 1.165) is 17.7 Å². The molecule has 0 aliphatic carbocycles. The normalized spacial score (nSPS) is 12.2. The maximum absolute atomic E-state index is 11.3. The van der Waals surface area contributed by atoms with Crippen LogP contribution in [0.3, 0.4) is 0 Å². The molecule has 0 aliphatic heterocycles. The quantitative estimate of drug-likeness (QED) is 0.834. The van der Waals surface area contributed by atoms with Gasteiger partial charge in [-0.05, 0) is 18.6 Å². The summed E-state index contributed by atoms with van der Waals surface area (Å²) in [5.41, 5.74) is 0.217. The molecule has 0 aliphatic rings. The molecular formula is C13H17Cl2NO3. The van der Waals surface area contributed by atoms with Crippen LogP contribution in [0.5, 0.6) is 0 Å². The highest BCUT2D eigenvalue weighted by Gasteiger charge is 2.22. The Hall–Kier alpha value is -0.970. The topological polar surface area (TPSA) is 60.8 Å². The van der Waals surface area contributed by atoms with Gasteiger partial charge in [0.2, 0.25) is 0 Å². The number of anilines is 1. The van der Waals surface area contributed by atoms with Crippen LogP contribution >= 0.6 is 23.2 Å². The molecule has 106 valence electrons. The van der Waals surface area contributed by atoms with E-state index in [-0.39, 0.29) is 22.3 Å². The lowest BCUT2D eigenvalue weighted by atomic mass is 10.1. The number of hydrogen-bond donors (Lipinski definition) is 2. The van der Waals surface area contributed by atoms with Gasteiger partial charge in [-0.3, -0.25) is 4.90 Å². The number of hydrogen-bond acceptors (Lipinski definition) is 2. The minimum Gasteiger partial charge on any atom is -0.465 e. The van der Waals surface area contributed by atoms with Crippen LogP contribution in [0, 0.1) is 0 Å². The number of amides is 1. The van der Waals surface area contributed by atoms with Crippen LogP contribution < -0.4 is 4.90 Å². The molecule has 4 nitrogen and oxygen atoms in total. The van der Waals surface area contributed by atoms with Gasteiger partial charge in [-0.1, -0.05) is 49.0 Å². The summed E-state index contributed by atoms with van der Waals surface area (Å²) in [6.45, 7) is 1.96. The van der Waals surface area contributed by atoms with Crippen molar-refractivity contribution in [1.82, 2.24) is 0 Å². The Morgan fingerprint density at radius 2 is 1.95 bits per heavy atom. The fraction of sp³-hybridized carbons (Fsp3) is 0.462. The average molecular weight is 306 g/mol. The second-order valence-corrected chi connectivity index (χ2v) is 5.07. The number of carbonyl (C=O) groups is 1. The van der Waals surface area contributed by atoms with Crippen LogP contribution in [0.4, 0.5) is 10.5 Å². The first-order valence-electron chi connectivity index (χ1n) is 6.09. The minimum atomic E-state index is -1.19. The zero-order valence-corrected chi connectivity index (χ0v) is 12.2. The highest BCUT2D eigenvalue weighted by Crippen LogP contribution is 2.33. The molecule has 1 unspecified atom stereocenters. The Morgan fingerprint density at radius 1 is 1.37 bits per heavy atom. The zero-order chi connectivity index (χ0) is 14.4. The second kappa shape index (κ2) is 7.58. The molecule has 1 amide bonds. The SMILES string of the molecule is CCCCC(O)CN(C(=O)O)c1c(Cl)cccc1Cl. The summed E-state index contributed by atoms with van der Waals surface area (Å²) < 4.78 is 0. The molecule has 6 heteroatoms. The van der Waals surface area contributed by atoms with E-state index in [4.69, 9.17) is 23.2 Å². The molecule has 1 rings (SSSR count). The van der Waals surface area contributed by atoms with Crippen molar-refractivity contribution in [2.75, 3.05) is 11.4 Å². The minimum absolute atomic E-state index is 0.0429. The Bertz CT molecular complexity index is 420. The summed E-state index contributed by atoms with van der Waals surface area (Å²) in [6.07, 6.45) is 0.401. The highest BCUT2D eigenvalue weighted by molar-refractivity contribution is 6.39. The van der Waals surface area contributed by atoms with E-state index in [1.54, 1.807) is 18.2 Å². The van der Waals surface area contributed by atoms with Gasteiger partial charge >= 0.3 is 6.09 Å². The van der Waals surface area contributed by atoms with Crippen molar-refractivity contribution in [3.8, 4) is 0 Å². The van der Waals surface area contributed by atoms with Crippen molar-refractivity contribution < 1.29 is 15.0 Å². The van der Waals surface area contributed by atoms with Crippen LogP contribution in [0.25, 0.3) is 0 Å². The summed E-state index contributed by atoms with van der Waals surface area (Å²) in [5.74, 6) is 0. The Morgan fingerprint density at radius 3 is 2.42 bits per heavy atom. The maximum Gasteiger partial charge on any atom is 0.411 e. The van der Waals surface area contributed by atoms with Gasteiger partial charge in [0.25, 0.3) is 0 Å². The molecule has 1 aromatic carbocycles. The number of nitrogens with zero attached hydrogens (tertiary/aromatic N) is 1. The largest absolute Gasteiger partial charge is 0.465 e. The number of aliphatic hydroxyl groups excluding tert-OH is 1. The summed E-state index contributed by atoms with van der Waals surface area (Å²) >= 11 is 12.0. The van der Waals surface area contributed by atoms with E-state index >= 15 is 0 Å². The fourth-order valence-corrected chi connectivity index (χ4v) is 2.36. The molecule has 0 fully saturated rings. The lowest BCUT2D eigenvalue weighted by molar-refractivity contribution is 0.158. The van der Waals surface area contributed by atoms with Crippen LogP contribution in [-0.2, 0) is 0 Å². The van der Waals surface area contributed by atoms with Gasteiger partial charge in [-0.25, -0.2) is 4.79 Å². The first kappa shape index (κ1) is 16.1. The molecular weight excluding hydrogens is 289 g/mol. The van der Waals surface area contributed by atoms with Gasteiger partial charge < -0.3 is 10.2 Å². The second-order valence-electron chi connectivity index (χ2n) is 4.26. The third-order valence-electron chi connectivity index (χ3n) is 2.72. The van der Waals surface area contributed by atoms with E-state index in [9.17, 15) is 15.0 Å². The maximum atomic E-state index is 11.3. The van der Waals surface area contributed by atoms with Gasteiger partial charge in [-0.2, -0.15) is 0 Å². The van der Waals surface area contributed by atoms with E-state index < -0.39 is 12.2 Å². The molecule has 0 aromatic heterocycles. The number of unbranched alkanes of at least 4 members (excludes halogenated alkanes) is 1. The van der Waals surface area contributed by atoms with Gasteiger partial charge in [0.15, 0.2) is 0 Å². The van der Waals surface area contributed by atoms with Gasteiger partial charge in [-0.15, -0.1) is 0 Å². The first-order chi connectivity index (χ1) is 8.97. The number of rotatable bonds is 6. The number of para-hydroxylation sites is 1. The number of halogens is 2. The smallest absolute Gasteiger partial charge is 0.411 e. The standard InChI is InChI=1S/C13H17Cl2NO3/c1-2-3-5-9(17)8-16(13(18)19)12-10(14)6-4-7-11(12)15/h4,6-7,9,17H,2-3,5,8H2,1H3,(H,18,19). The number of aliphatic hydroxyl groups is 1. The van der Waals surface area contributed by atoms with Gasteiger partial charge in [0.05, 0.1) is 28.4 Å². The Kier molecular flexibility index (Phi) is 6.42. The zero-order valence-electron chi connectivity index (χ0n) is 10.6. The number of benzene rings is 1. The Labute approximate surface area is 122 Å². The van der Waals surface area contributed by atoms with Crippen LogP contribution in [0.1, 0.15) is 26.2 Å². The van der Waals surface area contributed by atoms with Crippen molar-refractivity contribution in [2.24, 2.45) is 0 Å². The first-order valence-corrected chi connectivity index (χ1v) is 6.85. The fourth-order valence-electron chi connectivity index (χ4n) is 1.75. The van der Waals surface area contributed by atoms with Crippen LogP contribution in [0.2, 0.25) is 10.0 Å². The molecule has 1 atom stereocenters. The summed E-state index contributed by atoms with van der Waals surface area (Å²) in [5, 5.41) is 19.6. The third kappa shape index (κ3) is 4.56. The summed E-state index contributed by atoms with van der Waals surface area (Å²) in [6, 6.07) is 4.77.